The van der Waals surface area contributed by atoms with E-state index in [1.54, 1.807) is 37.2 Å². The molecular formula is C13H18N4O2. The van der Waals surface area contributed by atoms with E-state index in [4.69, 9.17) is 5.73 Å². The third-order valence-electron chi connectivity index (χ3n) is 3.32. The highest BCUT2D eigenvalue weighted by atomic mass is 16.2. The molecule has 6 heteroatoms. The zero-order valence-corrected chi connectivity index (χ0v) is 11.1. The number of nitrogens with zero attached hydrogens (tertiary/aromatic N) is 2. The smallest absolute Gasteiger partial charge is 0.251 e. The topological polar surface area (TPSA) is 78.7 Å². The van der Waals surface area contributed by atoms with Gasteiger partial charge >= 0.3 is 0 Å². The van der Waals surface area contributed by atoms with Crippen LogP contribution in [0.25, 0.3) is 0 Å². The first kappa shape index (κ1) is 13.2. The van der Waals surface area contributed by atoms with Crippen LogP contribution in [-0.2, 0) is 4.79 Å². The number of piperazine rings is 1. The fourth-order valence-corrected chi connectivity index (χ4v) is 2.07. The van der Waals surface area contributed by atoms with Crippen LogP contribution in [0.15, 0.2) is 18.2 Å². The molecule has 1 saturated heterocycles. The van der Waals surface area contributed by atoms with Gasteiger partial charge in [0.25, 0.3) is 5.91 Å². The molecule has 0 atom stereocenters. The van der Waals surface area contributed by atoms with Crippen LogP contribution >= 0.6 is 0 Å². The summed E-state index contributed by atoms with van der Waals surface area (Å²) >= 11 is 0. The summed E-state index contributed by atoms with van der Waals surface area (Å²) < 4.78 is 0. The van der Waals surface area contributed by atoms with Crippen LogP contribution in [0, 0.1) is 0 Å². The monoisotopic (exact) mass is 262 g/mol. The number of rotatable bonds is 2. The van der Waals surface area contributed by atoms with E-state index < -0.39 is 0 Å². The molecule has 0 aliphatic carbocycles. The van der Waals surface area contributed by atoms with Crippen molar-refractivity contribution in [2.45, 2.75) is 0 Å². The van der Waals surface area contributed by atoms with E-state index in [-0.39, 0.29) is 18.4 Å². The van der Waals surface area contributed by atoms with Gasteiger partial charge in [-0.2, -0.15) is 0 Å². The van der Waals surface area contributed by atoms with Crippen LogP contribution in [0.5, 0.6) is 0 Å². The van der Waals surface area contributed by atoms with Crippen molar-refractivity contribution in [3.8, 4) is 0 Å². The maximum absolute atomic E-state index is 11.7. The van der Waals surface area contributed by atoms with Gasteiger partial charge in [0.15, 0.2) is 0 Å². The van der Waals surface area contributed by atoms with Gasteiger partial charge in [-0.3, -0.25) is 9.59 Å². The molecule has 3 N–H and O–H groups in total. The first-order chi connectivity index (χ1) is 9.02. The number of nitrogen functional groups attached to an aromatic ring is 1. The Morgan fingerprint density at radius 3 is 2.74 bits per heavy atom. The molecule has 2 rings (SSSR count). The predicted octanol–water partition coefficient (Wildman–Crippen LogP) is -0.0932. The normalized spacial score (nSPS) is 15.6. The molecule has 0 bridgehead atoms. The van der Waals surface area contributed by atoms with Crippen LogP contribution in [0.4, 0.5) is 11.4 Å². The summed E-state index contributed by atoms with van der Waals surface area (Å²) in [5, 5.41) is 2.57. The van der Waals surface area contributed by atoms with Gasteiger partial charge < -0.3 is 20.9 Å². The lowest BCUT2D eigenvalue weighted by atomic mass is 10.1. The highest BCUT2D eigenvalue weighted by Gasteiger charge is 2.23. The molecule has 19 heavy (non-hydrogen) atoms. The second kappa shape index (κ2) is 5.17. The minimum Gasteiger partial charge on any atom is -0.397 e. The van der Waals surface area contributed by atoms with E-state index in [1.807, 2.05) is 4.90 Å². The summed E-state index contributed by atoms with van der Waals surface area (Å²) in [4.78, 5) is 27.0. The summed E-state index contributed by atoms with van der Waals surface area (Å²) in [7, 11) is 3.36. The van der Waals surface area contributed by atoms with Gasteiger partial charge in [0, 0.05) is 32.7 Å². The molecule has 0 radical (unpaired) electrons. The second-order valence-electron chi connectivity index (χ2n) is 4.59. The molecule has 2 amide bonds. The first-order valence-corrected chi connectivity index (χ1v) is 6.13. The number of hydrogen-bond donors (Lipinski definition) is 2. The van der Waals surface area contributed by atoms with Gasteiger partial charge in [-0.15, -0.1) is 0 Å². The zero-order chi connectivity index (χ0) is 14.0. The second-order valence-corrected chi connectivity index (χ2v) is 4.59. The molecule has 1 aromatic rings. The first-order valence-electron chi connectivity index (χ1n) is 6.13. The Hall–Kier alpha value is -2.24. The molecule has 1 fully saturated rings. The van der Waals surface area contributed by atoms with Gasteiger partial charge in [0.1, 0.15) is 0 Å². The number of anilines is 2. The largest absolute Gasteiger partial charge is 0.397 e. The van der Waals surface area contributed by atoms with Crippen LogP contribution < -0.4 is 16.0 Å². The quantitative estimate of drug-likeness (QED) is 0.730. The van der Waals surface area contributed by atoms with Crippen molar-refractivity contribution in [3.05, 3.63) is 23.8 Å². The lowest BCUT2D eigenvalue weighted by molar-refractivity contribution is -0.129. The van der Waals surface area contributed by atoms with Gasteiger partial charge in [0.2, 0.25) is 5.91 Å². The highest BCUT2D eigenvalue weighted by molar-refractivity contribution is 5.96. The van der Waals surface area contributed by atoms with E-state index in [2.05, 4.69) is 5.32 Å². The molecule has 0 aromatic heterocycles. The number of benzene rings is 1. The third kappa shape index (κ3) is 2.62. The van der Waals surface area contributed by atoms with Gasteiger partial charge in [-0.05, 0) is 18.2 Å². The summed E-state index contributed by atoms with van der Waals surface area (Å²) in [5.41, 5.74) is 7.80. The van der Waals surface area contributed by atoms with Crippen molar-refractivity contribution < 1.29 is 9.59 Å². The van der Waals surface area contributed by atoms with Crippen molar-refractivity contribution in [3.63, 3.8) is 0 Å². The third-order valence-corrected chi connectivity index (χ3v) is 3.32. The Kier molecular flexibility index (Phi) is 3.59. The number of carbonyl (C=O) groups excluding carboxylic acids is 2. The van der Waals surface area contributed by atoms with E-state index >= 15 is 0 Å². The molecule has 1 aliphatic heterocycles. The fourth-order valence-electron chi connectivity index (χ4n) is 2.07. The molecule has 0 saturated carbocycles. The Morgan fingerprint density at radius 1 is 1.37 bits per heavy atom. The number of carbonyl (C=O) groups is 2. The number of nitrogens with two attached hydrogens (primary N) is 1. The number of amides is 2. The Morgan fingerprint density at radius 2 is 2.11 bits per heavy atom. The lowest BCUT2D eigenvalue weighted by Crippen LogP contribution is -2.48. The Balaban J connectivity index is 2.28. The molecule has 0 unspecified atom stereocenters. The Bertz CT molecular complexity index is 515. The standard InChI is InChI=1S/C13H18N4O2/c1-15-13(19)9-3-4-10(14)11(7-9)17-6-5-16(2)12(18)8-17/h3-4,7H,5-6,8,14H2,1-2H3,(H,15,19). The number of likely N-dealkylation sites (N-methyl/N-ethyl adjacent to an activating group) is 1. The summed E-state index contributed by atoms with van der Waals surface area (Å²) in [6.07, 6.45) is 0. The number of nitrogens with one attached hydrogen (secondary N) is 1. The predicted molar refractivity (Wildman–Crippen MR) is 74.1 cm³/mol. The van der Waals surface area contributed by atoms with Crippen LogP contribution in [0.2, 0.25) is 0 Å². The van der Waals surface area contributed by atoms with E-state index in [1.165, 1.54) is 0 Å². The summed E-state index contributed by atoms with van der Waals surface area (Å²) in [5.74, 6) is -0.113. The SMILES string of the molecule is CNC(=O)c1ccc(N)c(N2CCN(C)C(=O)C2)c1. The van der Waals surface area contributed by atoms with Crippen LogP contribution in [0.3, 0.4) is 0 Å². The molecule has 0 spiro atoms. The van der Waals surface area contributed by atoms with Crippen molar-refractivity contribution >= 4 is 23.2 Å². The van der Waals surface area contributed by atoms with Crippen molar-refractivity contribution in [1.29, 1.82) is 0 Å². The Labute approximate surface area is 112 Å². The van der Waals surface area contributed by atoms with Crippen molar-refractivity contribution in [2.24, 2.45) is 0 Å². The minimum absolute atomic E-state index is 0.0518. The summed E-state index contributed by atoms with van der Waals surface area (Å²) in [6.45, 7) is 1.66. The van der Waals surface area contributed by atoms with Crippen LogP contribution in [-0.4, -0.2) is 50.4 Å². The zero-order valence-electron chi connectivity index (χ0n) is 11.1. The molecular weight excluding hydrogens is 244 g/mol. The maximum atomic E-state index is 11.7. The lowest BCUT2D eigenvalue weighted by Gasteiger charge is -2.34. The van der Waals surface area contributed by atoms with Crippen molar-refractivity contribution in [2.75, 3.05) is 44.4 Å². The number of hydrogen-bond acceptors (Lipinski definition) is 4. The molecule has 6 nitrogen and oxygen atoms in total. The molecule has 1 aliphatic rings. The molecule has 1 heterocycles. The van der Waals surface area contributed by atoms with Gasteiger partial charge in [-0.25, -0.2) is 0 Å². The minimum atomic E-state index is -0.165. The maximum Gasteiger partial charge on any atom is 0.251 e. The van der Waals surface area contributed by atoms with Crippen molar-refractivity contribution in [1.82, 2.24) is 10.2 Å². The van der Waals surface area contributed by atoms with Gasteiger partial charge in [0.05, 0.1) is 17.9 Å². The fraction of sp³-hybridized carbons (Fsp3) is 0.385. The molecule has 1 aromatic carbocycles. The van der Waals surface area contributed by atoms with E-state index in [0.717, 1.165) is 5.69 Å². The van der Waals surface area contributed by atoms with E-state index in [9.17, 15) is 9.59 Å². The average molecular weight is 262 g/mol. The molecule has 102 valence electrons. The average Bonchev–Trinajstić information content (AvgIpc) is 2.41. The van der Waals surface area contributed by atoms with Gasteiger partial charge in [-0.1, -0.05) is 0 Å². The van der Waals surface area contributed by atoms with Crippen LogP contribution in [0.1, 0.15) is 10.4 Å². The highest BCUT2D eigenvalue weighted by Crippen LogP contribution is 2.25. The van der Waals surface area contributed by atoms with E-state index in [0.29, 0.717) is 24.3 Å². The summed E-state index contributed by atoms with van der Waals surface area (Å²) in [6, 6.07) is 5.10.